The number of aliphatic hydroxyl groups excluding tert-OH is 1. The maximum absolute atomic E-state index is 14.9. The number of pyridine rings is 1. The monoisotopic (exact) mass is 557 g/mol. The summed E-state index contributed by atoms with van der Waals surface area (Å²) in [6.07, 6.45) is 5.16. The van der Waals surface area contributed by atoms with Gasteiger partial charge in [-0.15, -0.1) is 5.10 Å². The fourth-order valence-electron chi connectivity index (χ4n) is 6.13. The third-order valence-corrected chi connectivity index (χ3v) is 8.59. The van der Waals surface area contributed by atoms with Crippen LogP contribution in [0.3, 0.4) is 0 Å². The molecule has 9 heteroatoms. The predicted octanol–water partition coefficient (Wildman–Crippen LogP) is 5.99. The third kappa shape index (κ3) is 5.74. The van der Waals surface area contributed by atoms with E-state index in [0.29, 0.717) is 35.7 Å². The van der Waals surface area contributed by atoms with Gasteiger partial charge in [-0.3, -0.25) is 4.68 Å². The maximum atomic E-state index is 14.9. The summed E-state index contributed by atoms with van der Waals surface area (Å²) in [4.78, 5) is 22.5. The van der Waals surface area contributed by atoms with Crippen molar-refractivity contribution in [3.63, 3.8) is 0 Å². The standard InChI is InChI=1S/C32H36FN5O3/c1-20-8-7-11-26(35-20)29-36-28(38(4)37-29)17-23-27(39)18-32(41-30(23)40,22-9-5-6-10-22)15-14-21-12-13-24(25(33)16-21)31(2,3)19-34/h7-8,11-13,16,22,39H,5-6,9-10,14-15,17-18H2,1-4H3. The Kier molecular flexibility index (Phi) is 7.69. The van der Waals surface area contributed by atoms with Gasteiger partial charge in [0.1, 0.15) is 28.7 Å². The first-order valence-electron chi connectivity index (χ1n) is 14.2. The summed E-state index contributed by atoms with van der Waals surface area (Å²) in [7, 11) is 1.75. The number of rotatable bonds is 8. The molecule has 3 heterocycles. The van der Waals surface area contributed by atoms with Gasteiger partial charge in [-0.25, -0.2) is 19.2 Å². The summed E-state index contributed by atoms with van der Waals surface area (Å²) in [5.74, 6) is 0.141. The summed E-state index contributed by atoms with van der Waals surface area (Å²) >= 11 is 0. The van der Waals surface area contributed by atoms with Crippen molar-refractivity contribution in [2.45, 2.75) is 83.2 Å². The van der Waals surface area contributed by atoms with E-state index in [1.54, 1.807) is 31.6 Å². The topological polar surface area (TPSA) is 114 Å². The van der Waals surface area contributed by atoms with Gasteiger partial charge in [-0.2, -0.15) is 5.26 Å². The molecule has 1 aromatic carbocycles. The number of carbonyl (C=O) groups excluding carboxylic acids is 1. The summed E-state index contributed by atoms with van der Waals surface area (Å²) in [5.41, 5.74) is 0.996. The minimum absolute atomic E-state index is 0.0173. The second kappa shape index (κ2) is 11.1. The van der Waals surface area contributed by atoms with Crippen LogP contribution < -0.4 is 0 Å². The number of nitriles is 1. The number of hydrogen-bond acceptors (Lipinski definition) is 7. The van der Waals surface area contributed by atoms with E-state index in [1.807, 2.05) is 31.2 Å². The first-order chi connectivity index (χ1) is 19.5. The van der Waals surface area contributed by atoms with Crippen molar-refractivity contribution < 1.29 is 19.0 Å². The van der Waals surface area contributed by atoms with Gasteiger partial charge >= 0.3 is 5.97 Å². The largest absolute Gasteiger partial charge is 0.512 e. The molecule has 3 aromatic rings. The lowest BCUT2D eigenvalue weighted by Gasteiger charge is -2.42. The molecule has 0 amide bonds. The molecule has 0 spiro atoms. The third-order valence-electron chi connectivity index (χ3n) is 8.59. The number of esters is 1. The van der Waals surface area contributed by atoms with E-state index >= 15 is 0 Å². The van der Waals surface area contributed by atoms with Gasteiger partial charge in [0.05, 0.1) is 17.1 Å². The molecule has 1 aliphatic heterocycles. The highest BCUT2D eigenvalue weighted by Crippen LogP contribution is 2.46. The normalized spacial score (nSPS) is 19.9. The zero-order chi connectivity index (χ0) is 29.4. The van der Waals surface area contributed by atoms with E-state index in [1.165, 1.54) is 6.07 Å². The number of ether oxygens (including phenoxy) is 1. The van der Waals surface area contributed by atoms with Gasteiger partial charge < -0.3 is 9.84 Å². The highest BCUT2D eigenvalue weighted by atomic mass is 19.1. The Morgan fingerprint density at radius 3 is 2.63 bits per heavy atom. The maximum Gasteiger partial charge on any atom is 0.338 e. The van der Waals surface area contributed by atoms with E-state index < -0.39 is 22.8 Å². The lowest BCUT2D eigenvalue weighted by molar-refractivity contribution is -0.167. The van der Waals surface area contributed by atoms with Gasteiger partial charge in [0.2, 0.25) is 0 Å². The van der Waals surface area contributed by atoms with Gasteiger partial charge in [-0.05, 0) is 76.1 Å². The van der Waals surface area contributed by atoms with E-state index in [-0.39, 0.29) is 30.1 Å². The minimum atomic E-state index is -0.931. The minimum Gasteiger partial charge on any atom is -0.512 e. The number of aryl methyl sites for hydroxylation is 3. The predicted molar refractivity (Wildman–Crippen MR) is 151 cm³/mol. The van der Waals surface area contributed by atoms with Crippen LogP contribution >= 0.6 is 0 Å². The van der Waals surface area contributed by atoms with Crippen LogP contribution in [0.15, 0.2) is 47.7 Å². The number of nitrogens with zero attached hydrogens (tertiary/aromatic N) is 5. The number of cyclic esters (lactones) is 1. The molecule has 0 saturated heterocycles. The summed E-state index contributed by atoms with van der Waals surface area (Å²) in [6, 6.07) is 12.7. The number of halogens is 1. The molecule has 8 nitrogen and oxygen atoms in total. The van der Waals surface area contributed by atoms with Crippen molar-refractivity contribution in [2.24, 2.45) is 13.0 Å². The first-order valence-corrected chi connectivity index (χ1v) is 14.2. The van der Waals surface area contributed by atoms with Gasteiger partial charge in [0, 0.05) is 31.1 Å². The molecule has 5 rings (SSSR count). The summed E-state index contributed by atoms with van der Waals surface area (Å²) < 4.78 is 22.8. The van der Waals surface area contributed by atoms with Gasteiger partial charge in [0.15, 0.2) is 5.82 Å². The molecule has 1 aliphatic carbocycles. The molecule has 2 aromatic heterocycles. The Bertz CT molecular complexity index is 1550. The molecule has 1 atom stereocenters. The number of benzene rings is 1. The SMILES string of the molecule is Cc1cccc(-c2nc(CC3=C(O)CC(CCc4ccc(C(C)(C)C#N)c(F)c4)(C4CCCC4)OC3=O)n(C)n2)n1. The van der Waals surface area contributed by atoms with Crippen molar-refractivity contribution in [3.8, 4) is 17.6 Å². The van der Waals surface area contributed by atoms with Crippen LogP contribution in [0.2, 0.25) is 0 Å². The highest BCUT2D eigenvalue weighted by molar-refractivity contribution is 5.90. The van der Waals surface area contributed by atoms with Crippen LogP contribution in [0.1, 0.15) is 75.0 Å². The first kappa shape index (κ1) is 28.5. The van der Waals surface area contributed by atoms with Crippen molar-refractivity contribution in [2.75, 3.05) is 0 Å². The number of aliphatic hydroxyl groups is 1. The van der Waals surface area contributed by atoms with E-state index in [2.05, 4.69) is 21.1 Å². The average Bonchev–Trinajstić information content (AvgIpc) is 3.60. The molecular formula is C32H36FN5O3. The quantitative estimate of drug-likeness (QED) is 0.339. The van der Waals surface area contributed by atoms with E-state index in [9.17, 15) is 19.6 Å². The number of hydrogen-bond donors (Lipinski definition) is 1. The highest BCUT2D eigenvalue weighted by Gasteiger charge is 2.48. The van der Waals surface area contributed by atoms with E-state index in [0.717, 1.165) is 36.9 Å². The number of carbonyl (C=O) groups is 1. The average molecular weight is 558 g/mol. The van der Waals surface area contributed by atoms with Gasteiger partial charge in [0.25, 0.3) is 0 Å². The molecule has 0 radical (unpaired) electrons. The summed E-state index contributed by atoms with van der Waals surface area (Å²) in [5, 5.41) is 25.1. The molecule has 1 saturated carbocycles. The Morgan fingerprint density at radius 2 is 1.98 bits per heavy atom. The smallest absolute Gasteiger partial charge is 0.338 e. The zero-order valence-electron chi connectivity index (χ0n) is 24.1. The summed E-state index contributed by atoms with van der Waals surface area (Å²) in [6.45, 7) is 5.27. The molecule has 1 N–H and O–H groups in total. The lowest BCUT2D eigenvalue weighted by Crippen LogP contribution is -2.46. The van der Waals surface area contributed by atoms with Crippen LogP contribution in [-0.2, 0) is 34.8 Å². The van der Waals surface area contributed by atoms with Crippen LogP contribution in [-0.4, -0.2) is 36.4 Å². The molecular weight excluding hydrogens is 521 g/mol. The molecule has 1 unspecified atom stereocenters. The van der Waals surface area contributed by atoms with Crippen LogP contribution in [0.5, 0.6) is 0 Å². The Hall–Kier alpha value is -4.06. The molecule has 1 fully saturated rings. The van der Waals surface area contributed by atoms with Crippen molar-refractivity contribution in [1.82, 2.24) is 19.7 Å². The molecule has 214 valence electrons. The van der Waals surface area contributed by atoms with Crippen LogP contribution in [0, 0.1) is 30.0 Å². The van der Waals surface area contributed by atoms with Crippen molar-refractivity contribution >= 4 is 5.97 Å². The fraction of sp³-hybridized carbons (Fsp3) is 0.469. The second-order valence-electron chi connectivity index (χ2n) is 11.9. The lowest BCUT2D eigenvalue weighted by atomic mass is 9.76. The van der Waals surface area contributed by atoms with Gasteiger partial charge in [-0.1, -0.05) is 31.0 Å². The second-order valence-corrected chi connectivity index (χ2v) is 11.9. The van der Waals surface area contributed by atoms with E-state index in [4.69, 9.17) is 4.74 Å². The Morgan fingerprint density at radius 1 is 1.22 bits per heavy atom. The molecule has 41 heavy (non-hydrogen) atoms. The fourth-order valence-corrected chi connectivity index (χ4v) is 6.13. The van der Waals surface area contributed by atoms with Crippen LogP contribution in [0.4, 0.5) is 4.39 Å². The van der Waals surface area contributed by atoms with Crippen molar-refractivity contribution in [1.29, 1.82) is 5.26 Å². The molecule has 0 bridgehead atoms. The number of aromatic nitrogens is 4. The Labute approximate surface area is 239 Å². The van der Waals surface area contributed by atoms with Crippen molar-refractivity contribution in [3.05, 3.63) is 76.2 Å². The van der Waals surface area contributed by atoms with Crippen LogP contribution in [0.25, 0.3) is 11.5 Å². The molecule has 2 aliphatic rings. The zero-order valence-corrected chi connectivity index (χ0v) is 24.1. The Balaban J connectivity index is 1.38.